The van der Waals surface area contributed by atoms with E-state index in [-0.39, 0.29) is 12.2 Å². The lowest BCUT2D eigenvalue weighted by Crippen LogP contribution is -2.39. The maximum absolute atomic E-state index is 13.5. The number of esters is 1. The summed E-state index contributed by atoms with van der Waals surface area (Å²) in [6, 6.07) is 8.46. The van der Waals surface area contributed by atoms with Crippen LogP contribution in [-0.2, 0) is 9.53 Å². The predicted molar refractivity (Wildman–Crippen MR) is 129 cm³/mol. The van der Waals surface area contributed by atoms with Crippen LogP contribution in [0.3, 0.4) is 0 Å². The Hall–Kier alpha value is -3.43. The molecule has 3 heterocycles. The molecule has 0 spiro atoms. The summed E-state index contributed by atoms with van der Waals surface area (Å²) in [6.07, 6.45) is 3.34. The first kappa shape index (κ1) is 22.8. The molecule has 2 aromatic heterocycles. The number of hydrogen-bond donors (Lipinski definition) is 0. The molecule has 7 nitrogen and oxygen atoms in total. The van der Waals surface area contributed by atoms with E-state index in [9.17, 15) is 9.59 Å². The quantitative estimate of drug-likeness (QED) is 0.382. The van der Waals surface area contributed by atoms with E-state index in [2.05, 4.69) is 11.6 Å². The maximum atomic E-state index is 13.5. The van der Waals surface area contributed by atoms with Gasteiger partial charge in [0.2, 0.25) is 0 Å². The van der Waals surface area contributed by atoms with E-state index in [0.717, 1.165) is 4.88 Å². The summed E-state index contributed by atoms with van der Waals surface area (Å²) < 4.78 is 18.3. The number of aromatic nitrogens is 1. The summed E-state index contributed by atoms with van der Waals surface area (Å²) in [5, 5.41) is 1.95. The summed E-state index contributed by atoms with van der Waals surface area (Å²) in [7, 11) is 3.09. The number of allylic oxidation sites excluding steroid dienone is 1. The molecule has 0 saturated heterocycles. The number of thiophene rings is 1. The van der Waals surface area contributed by atoms with Crippen LogP contribution in [0.15, 0.2) is 69.4 Å². The van der Waals surface area contributed by atoms with Gasteiger partial charge >= 0.3 is 5.97 Å². The zero-order valence-electron chi connectivity index (χ0n) is 18.4. The maximum Gasteiger partial charge on any atom is 0.338 e. The third kappa shape index (κ3) is 4.29. The summed E-state index contributed by atoms with van der Waals surface area (Å²) in [6.45, 7) is 5.40. The van der Waals surface area contributed by atoms with Gasteiger partial charge in [-0.2, -0.15) is 0 Å². The van der Waals surface area contributed by atoms with E-state index >= 15 is 0 Å². The molecule has 170 valence electrons. The van der Waals surface area contributed by atoms with Crippen molar-refractivity contribution < 1.29 is 19.0 Å². The molecule has 33 heavy (non-hydrogen) atoms. The Morgan fingerprint density at radius 2 is 2.03 bits per heavy atom. The van der Waals surface area contributed by atoms with Crippen LogP contribution in [0, 0.1) is 0 Å². The first-order valence-corrected chi connectivity index (χ1v) is 11.7. The first-order valence-electron chi connectivity index (χ1n) is 10.0. The van der Waals surface area contributed by atoms with Gasteiger partial charge in [-0.3, -0.25) is 9.36 Å². The molecule has 1 atom stereocenters. The number of nitrogens with zero attached hydrogens (tertiary/aromatic N) is 2. The van der Waals surface area contributed by atoms with Gasteiger partial charge in [0.25, 0.3) is 5.56 Å². The Labute approximate surface area is 198 Å². The van der Waals surface area contributed by atoms with Crippen molar-refractivity contribution in [2.75, 3.05) is 20.8 Å². The molecule has 1 aromatic carbocycles. The van der Waals surface area contributed by atoms with E-state index in [1.165, 1.54) is 24.5 Å². The zero-order valence-corrected chi connectivity index (χ0v) is 20.0. The summed E-state index contributed by atoms with van der Waals surface area (Å²) >= 11 is 2.83. The highest BCUT2D eigenvalue weighted by Gasteiger charge is 2.34. The van der Waals surface area contributed by atoms with E-state index in [1.807, 2.05) is 29.7 Å². The van der Waals surface area contributed by atoms with E-state index in [1.54, 1.807) is 42.1 Å². The van der Waals surface area contributed by atoms with Crippen LogP contribution < -0.4 is 24.4 Å². The monoisotopic (exact) mass is 482 g/mol. The predicted octanol–water partition coefficient (Wildman–Crippen LogP) is 3.04. The Morgan fingerprint density at radius 1 is 1.24 bits per heavy atom. The van der Waals surface area contributed by atoms with Crippen LogP contribution in [-0.4, -0.2) is 31.4 Å². The third-order valence-electron chi connectivity index (χ3n) is 5.11. The number of hydrogen-bond acceptors (Lipinski definition) is 8. The van der Waals surface area contributed by atoms with Crippen molar-refractivity contribution >= 4 is 34.7 Å². The van der Waals surface area contributed by atoms with Crippen LogP contribution in [0.2, 0.25) is 0 Å². The average Bonchev–Trinajstić information content (AvgIpc) is 3.44. The number of rotatable bonds is 7. The molecule has 0 aliphatic carbocycles. The van der Waals surface area contributed by atoms with Crippen LogP contribution >= 0.6 is 22.7 Å². The van der Waals surface area contributed by atoms with Crippen molar-refractivity contribution in [3.05, 3.63) is 89.8 Å². The first-order chi connectivity index (χ1) is 16.0. The Kier molecular flexibility index (Phi) is 6.62. The molecular weight excluding hydrogens is 460 g/mol. The molecule has 0 fully saturated rings. The highest BCUT2D eigenvalue weighted by molar-refractivity contribution is 7.11. The normalized spacial score (nSPS) is 15.6. The lowest BCUT2D eigenvalue weighted by molar-refractivity contribution is -0.138. The minimum absolute atomic E-state index is 0.0526. The minimum atomic E-state index is -0.733. The van der Waals surface area contributed by atoms with Gasteiger partial charge in [-0.25, -0.2) is 9.79 Å². The van der Waals surface area contributed by atoms with E-state index in [4.69, 9.17) is 14.2 Å². The highest BCUT2D eigenvalue weighted by atomic mass is 32.1. The Balaban J connectivity index is 1.96. The second-order valence-electron chi connectivity index (χ2n) is 7.10. The summed E-state index contributed by atoms with van der Waals surface area (Å²) in [4.78, 5) is 32.6. The van der Waals surface area contributed by atoms with Gasteiger partial charge in [-0.15, -0.1) is 11.3 Å². The second-order valence-corrected chi connectivity index (χ2v) is 9.09. The van der Waals surface area contributed by atoms with Gasteiger partial charge in [-0.1, -0.05) is 36.1 Å². The van der Waals surface area contributed by atoms with Crippen molar-refractivity contribution in [3.8, 4) is 11.5 Å². The van der Waals surface area contributed by atoms with Crippen molar-refractivity contribution in [2.24, 2.45) is 4.99 Å². The van der Waals surface area contributed by atoms with Crippen LogP contribution in [0.5, 0.6) is 11.5 Å². The molecule has 0 amide bonds. The number of thiazole rings is 1. The van der Waals surface area contributed by atoms with Gasteiger partial charge in [-0.05, 0) is 42.1 Å². The Bertz CT molecular complexity index is 1410. The van der Waals surface area contributed by atoms with E-state index < -0.39 is 12.0 Å². The van der Waals surface area contributed by atoms with Crippen LogP contribution in [0.1, 0.15) is 23.4 Å². The lowest BCUT2D eigenvalue weighted by Gasteiger charge is -2.25. The molecule has 1 aliphatic rings. The lowest BCUT2D eigenvalue weighted by atomic mass is 9.95. The molecule has 0 N–H and O–H groups in total. The highest BCUT2D eigenvalue weighted by Crippen LogP contribution is 2.36. The van der Waals surface area contributed by atoms with Crippen molar-refractivity contribution in [3.63, 3.8) is 0 Å². The number of carbonyl (C=O) groups excluding carboxylic acids is 1. The molecule has 4 rings (SSSR count). The van der Waals surface area contributed by atoms with Gasteiger partial charge in [0.1, 0.15) is 6.61 Å². The summed E-state index contributed by atoms with van der Waals surface area (Å²) in [5.41, 5.74) is 1.23. The third-order valence-corrected chi connectivity index (χ3v) is 6.92. The van der Waals surface area contributed by atoms with Gasteiger partial charge in [0.15, 0.2) is 16.3 Å². The van der Waals surface area contributed by atoms with E-state index in [0.29, 0.717) is 37.7 Å². The SMILES string of the molecule is C=CCOC(=O)C1=C(C)N=c2sc(=Cc3cccs3)c(=O)n2C1c1ccc(OC)c(OC)c1. The smallest absolute Gasteiger partial charge is 0.338 e. The number of benzene rings is 1. The number of ether oxygens (including phenoxy) is 3. The fraction of sp³-hybridized carbons (Fsp3) is 0.208. The molecule has 1 unspecified atom stereocenters. The second kappa shape index (κ2) is 9.60. The van der Waals surface area contributed by atoms with Crippen molar-refractivity contribution in [1.29, 1.82) is 0 Å². The van der Waals surface area contributed by atoms with Gasteiger partial charge in [0.05, 0.1) is 36.1 Å². The van der Waals surface area contributed by atoms with Gasteiger partial charge < -0.3 is 14.2 Å². The largest absolute Gasteiger partial charge is 0.493 e. The molecule has 0 bridgehead atoms. The molecule has 1 aliphatic heterocycles. The standard InChI is InChI=1S/C24H22N2O5S2/c1-5-10-31-23(28)20-14(2)25-24-26(22(27)19(33-24)13-16-7-6-11-32-16)21(20)15-8-9-17(29-3)18(12-15)30-4/h5-9,11-13,21H,1,10H2,2-4H3. The molecular formula is C24H22N2O5S2. The van der Waals surface area contributed by atoms with Crippen LogP contribution in [0.25, 0.3) is 6.08 Å². The average molecular weight is 483 g/mol. The zero-order chi connectivity index (χ0) is 23.5. The molecule has 3 aromatic rings. The fourth-order valence-corrected chi connectivity index (χ4v) is 5.41. The van der Waals surface area contributed by atoms with Crippen molar-refractivity contribution in [2.45, 2.75) is 13.0 Å². The fourth-order valence-electron chi connectivity index (χ4n) is 3.64. The number of fused-ring (bicyclic) bond motifs is 1. The molecule has 0 radical (unpaired) electrons. The molecule has 0 saturated carbocycles. The Morgan fingerprint density at radius 3 is 2.70 bits per heavy atom. The number of methoxy groups -OCH3 is 2. The summed E-state index contributed by atoms with van der Waals surface area (Å²) in [5.74, 6) is 0.482. The van der Waals surface area contributed by atoms with Crippen LogP contribution in [0.4, 0.5) is 0 Å². The molecule has 9 heteroatoms. The minimum Gasteiger partial charge on any atom is -0.493 e. The van der Waals surface area contributed by atoms with Crippen molar-refractivity contribution in [1.82, 2.24) is 4.57 Å². The van der Waals surface area contributed by atoms with Gasteiger partial charge in [0, 0.05) is 4.88 Å². The topological polar surface area (TPSA) is 79.1 Å². The number of carbonyl (C=O) groups is 1.